The van der Waals surface area contributed by atoms with Crippen LogP contribution >= 0.6 is 15.9 Å². The van der Waals surface area contributed by atoms with Gasteiger partial charge in [0.2, 0.25) is 0 Å². The Bertz CT molecular complexity index is 500. The summed E-state index contributed by atoms with van der Waals surface area (Å²) in [4.78, 5) is 3.70. The first-order valence-corrected chi connectivity index (χ1v) is 4.95. The lowest BCUT2D eigenvalue weighted by Gasteiger charge is -2.02. The van der Waals surface area contributed by atoms with Crippen LogP contribution in [0.15, 0.2) is 34.9 Å². The van der Waals surface area contributed by atoms with Crippen molar-refractivity contribution in [2.24, 2.45) is 0 Å². The first-order chi connectivity index (χ1) is 7.16. The number of hydrogen-bond acceptors (Lipinski definition) is 1. The molecule has 1 radical (unpaired) electrons. The maximum Gasteiger partial charge on any atom is 0.152 e. The topological polar surface area (TPSA) is 12.9 Å². The van der Waals surface area contributed by atoms with Gasteiger partial charge in [0.1, 0.15) is 11.5 Å². The van der Waals surface area contributed by atoms with Gasteiger partial charge in [-0.15, -0.1) is 0 Å². The van der Waals surface area contributed by atoms with E-state index in [2.05, 4.69) is 27.0 Å². The smallest absolute Gasteiger partial charge is 0.152 e. The Balaban J connectivity index is 2.54. The molecule has 0 N–H and O–H groups in total. The lowest BCUT2D eigenvalue weighted by molar-refractivity contribution is 0.576. The molecule has 0 fully saturated rings. The number of rotatable bonds is 1. The van der Waals surface area contributed by atoms with Crippen LogP contribution in [0.1, 0.15) is 0 Å². The minimum absolute atomic E-state index is 0.131. The summed E-state index contributed by atoms with van der Waals surface area (Å²) in [6.07, 6.45) is 0.989. The third kappa shape index (κ3) is 2.21. The molecule has 2 aromatic rings. The lowest BCUT2D eigenvalue weighted by atomic mass is 10.1. The summed E-state index contributed by atoms with van der Waals surface area (Å²) in [6.45, 7) is 0. The number of hydrogen-bond donors (Lipinski definition) is 0. The van der Waals surface area contributed by atoms with E-state index in [-0.39, 0.29) is 5.69 Å². The molecule has 15 heavy (non-hydrogen) atoms. The van der Waals surface area contributed by atoms with E-state index in [0.717, 1.165) is 12.3 Å². The number of halogens is 3. The predicted molar refractivity (Wildman–Crippen MR) is 56.1 cm³/mol. The van der Waals surface area contributed by atoms with E-state index in [1.54, 1.807) is 18.2 Å². The molecule has 75 valence electrons. The van der Waals surface area contributed by atoms with Crippen molar-refractivity contribution in [3.05, 3.63) is 52.6 Å². The lowest BCUT2D eigenvalue weighted by Crippen LogP contribution is -1.90. The Hall–Kier alpha value is -1.29. The number of nitrogens with zero attached hydrogens (tertiary/aromatic N) is 1. The Labute approximate surface area is 93.9 Å². The van der Waals surface area contributed by atoms with Crippen LogP contribution in [0.5, 0.6) is 0 Å². The fraction of sp³-hybridized carbons (Fsp3) is 0. The molecule has 1 heterocycles. The first kappa shape index (κ1) is 10.2. The normalized spacial score (nSPS) is 10.3. The van der Waals surface area contributed by atoms with Crippen molar-refractivity contribution in [2.75, 3.05) is 0 Å². The van der Waals surface area contributed by atoms with Crippen molar-refractivity contribution in [2.45, 2.75) is 0 Å². The van der Waals surface area contributed by atoms with Crippen molar-refractivity contribution in [3.8, 4) is 11.3 Å². The van der Waals surface area contributed by atoms with Gasteiger partial charge in [-0.05, 0) is 12.1 Å². The molecule has 0 aliphatic rings. The van der Waals surface area contributed by atoms with Crippen molar-refractivity contribution < 1.29 is 8.78 Å². The highest BCUT2D eigenvalue weighted by atomic mass is 79.9. The van der Waals surface area contributed by atoms with Crippen LogP contribution in [-0.2, 0) is 0 Å². The van der Waals surface area contributed by atoms with Crippen LogP contribution in [0.3, 0.4) is 0 Å². The molecule has 2 rings (SSSR count). The second-order valence-electron chi connectivity index (χ2n) is 2.91. The van der Waals surface area contributed by atoms with Gasteiger partial charge in [0.25, 0.3) is 0 Å². The summed E-state index contributed by atoms with van der Waals surface area (Å²) in [5.74, 6) is -1.36. The molecular weight excluding hydrogens is 264 g/mol. The van der Waals surface area contributed by atoms with E-state index in [4.69, 9.17) is 0 Å². The van der Waals surface area contributed by atoms with Gasteiger partial charge in [0.15, 0.2) is 5.82 Å². The Kier molecular flexibility index (Phi) is 2.77. The molecule has 0 aliphatic heterocycles. The van der Waals surface area contributed by atoms with Crippen LogP contribution < -0.4 is 0 Å². The van der Waals surface area contributed by atoms with Crippen LogP contribution in [0.25, 0.3) is 11.3 Å². The SMILES string of the molecule is Fc1cnc(-c2cc[c]c(Br)c2)c(F)c1. The van der Waals surface area contributed by atoms with E-state index in [1.165, 1.54) is 0 Å². The molecule has 1 aromatic carbocycles. The number of pyridine rings is 1. The molecule has 1 nitrogen and oxygen atoms in total. The summed E-state index contributed by atoms with van der Waals surface area (Å²) < 4.78 is 26.7. The van der Waals surface area contributed by atoms with Gasteiger partial charge in [-0.1, -0.05) is 28.1 Å². The van der Waals surface area contributed by atoms with Crippen molar-refractivity contribution >= 4 is 15.9 Å². The predicted octanol–water partition coefficient (Wildman–Crippen LogP) is 3.59. The van der Waals surface area contributed by atoms with E-state index >= 15 is 0 Å². The largest absolute Gasteiger partial charge is 0.250 e. The van der Waals surface area contributed by atoms with Crippen molar-refractivity contribution in [3.63, 3.8) is 0 Å². The molecule has 0 amide bonds. The highest BCUT2D eigenvalue weighted by Gasteiger charge is 2.07. The number of aromatic nitrogens is 1. The fourth-order valence-electron chi connectivity index (χ4n) is 1.21. The third-order valence-electron chi connectivity index (χ3n) is 1.85. The van der Waals surface area contributed by atoms with Crippen molar-refractivity contribution in [1.29, 1.82) is 0 Å². The molecule has 4 heteroatoms. The monoisotopic (exact) mass is 268 g/mol. The molecule has 0 bridgehead atoms. The summed E-state index contributed by atoms with van der Waals surface area (Å²) in [5.41, 5.74) is 0.712. The Morgan fingerprint density at radius 1 is 1.27 bits per heavy atom. The van der Waals surface area contributed by atoms with Crippen molar-refractivity contribution in [1.82, 2.24) is 4.98 Å². The summed E-state index contributed by atoms with van der Waals surface area (Å²) in [7, 11) is 0. The zero-order chi connectivity index (χ0) is 10.8. The van der Waals surface area contributed by atoms with E-state index < -0.39 is 11.6 Å². The molecule has 0 aliphatic carbocycles. The van der Waals surface area contributed by atoms with Crippen LogP contribution in [0.4, 0.5) is 8.78 Å². The molecule has 0 saturated carbocycles. The quantitative estimate of drug-likeness (QED) is 0.770. The van der Waals surface area contributed by atoms with Crippen LogP contribution in [-0.4, -0.2) is 4.98 Å². The molecular formula is C11H5BrF2N. The molecule has 0 saturated heterocycles. The van der Waals surface area contributed by atoms with Crippen LogP contribution in [0.2, 0.25) is 0 Å². The highest BCUT2D eigenvalue weighted by molar-refractivity contribution is 9.10. The standard InChI is InChI=1S/C11H5BrF2N/c12-8-3-1-2-7(4-8)11-10(14)5-9(13)6-15-11/h1-2,4-6H. The molecule has 1 aromatic heterocycles. The van der Waals surface area contributed by atoms with E-state index in [9.17, 15) is 8.78 Å². The van der Waals surface area contributed by atoms with Crippen LogP contribution in [0, 0.1) is 17.7 Å². The second-order valence-corrected chi connectivity index (χ2v) is 3.76. The Morgan fingerprint density at radius 2 is 2.07 bits per heavy atom. The maximum atomic E-state index is 13.3. The van der Waals surface area contributed by atoms with E-state index in [1.807, 2.05) is 0 Å². The summed E-state index contributed by atoms with van der Waals surface area (Å²) in [5, 5.41) is 0. The average molecular weight is 269 g/mol. The zero-order valence-corrected chi connectivity index (χ0v) is 9.05. The van der Waals surface area contributed by atoms with Gasteiger partial charge in [-0.3, -0.25) is 4.98 Å². The summed E-state index contributed by atoms with van der Waals surface area (Å²) in [6, 6.07) is 8.65. The minimum atomic E-state index is -0.683. The fourth-order valence-corrected chi connectivity index (χ4v) is 1.59. The molecule has 0 unspecified atom stereocenters. The summed E-state index contributed by atoms with van der Waals surface area (Å²) >= 11 is 3.22. The Morgan fingerprint density at radius 3 is 2.73 bits per heavy atom. The van der Waals surface area contributed by atoms with Gasteiger partial charge in [0, 0.05) is 16.1 Å². The highest BCUT2D eigenvalue weighted by Crippen LogP contribution is 2.23. The maximum absolute atomic E-state index is 13.3. The first-order valence-electron chi connectivity index (χ1n) is 4.15. The van der Waals surface area contributed by atoms with E-state index in [0.29, 0.717) is 10.0 Å². The van der Waals surface area contributed by atoms with Gasteiger partial charge in [-0.25, -0.2) is 8.78 Å². The molecule has 0 spiro atoms. The van der Waals surface area contributed by atoms with Gasteiger partial charge < -0.3 is 0 Å². The minimum Gasteiger partial charge on any atom is -0.250 e. The number of benzene rings is 1. The van der Waals surface area contributed by atoms with Gasteiger partial charge in [0.05, 0.1) is 6.20 Å². The second kappa shape index (κ2) is 4.06. The zero-order valence-electron chi connectivity index (χ0n) is 7.47. The average Bonchev–Trinajstić information content (AvgIpc) is 2.17. The third-order valence-corrected chi connectivity index (χ3v) is 2.31. The van der Waals surface area contributed by atoms with Gasteiger partial charge >= 0.3 is 0 Å². The molecule has 0 atom stereocenters. The van der Waals surface area contributed by atoms with Gasteiger partial charge in [-0.2, -0.15) is 0 Å².